The summed E-state index contributed by atoms with van der Waals surface area (Å²) in [4.78, 5) is 27.7. The van der Waals surface area contributed by atoms with Crippen LogP contribution in [0.5, 0.6) is 0 Å². The minimum absolute atomic E-state index is 0.0366. The topological polar surface area (TPSA) is 124 Å². The summed E-state index contributed by atoms with van der Waals surface area (Å²) in [6, 6.07) is 0. The smallest absolute Gasteiger partial charge is 0.142 e. The molecule has 248 valence electrons. The fourth-order valence-electron chi connectivity index (χ4n) is 12.3. The van der Waals surface area contributed by atoms with E-state index in [0.717, 1.165) is 57.8 Å². The van der Waals surface area contributed by atoms with Crippen LogP contribution in [0.4, 0.5) is 0 Å². The molecule has 12 atom stereocenters. The molecule has 7 heteroatoms. The average molecular weight is 615 g/mol. The lowest BCUT2D eigenvalue weighted by Crippen LogP contribution is -2.65. The summed E-state index contributed by atoms with van der Waals surface area (Å²) in [5, 5.41) is 41.3. The summed E-state index contributed by atoms with van der Waals surface area (Å²) in [5.74, 6) is 1.50. The Morgan fingerprint density at radius 3 is 2.20 bits per heavy atom. The van der Waals surface area contributed by atoms with Gasteiger partial charge in [-0.1, -0.05) is 60.1 Å². The van der Waals surface area contributed by atoms with Gasteiger partial charge in [0.25, 0.3) is 0 Å². The highest BCUT2D eigenvalue weighted by Gasteiger charge is 2.69. The maximum absolute atomic E-state index is 14.6. The monoisotopic (exact) mass is 614 g/mol. The highest BCUT2D eigenvalue weighted by molar-refractivity contribution is 5.87. The van der Waals surface area contributed by atoms with Gasteiger partial charge in [-0.3, -0.25) is 9.59 Å². The van der Waals surface area contributed by atoms with Crippen molar-refractivity contribution in [3.05, 3.63) is 11.6 Å². The van der Waals surface area contributed by atoms with E-state index < -0.39 is 42.5 Å². The molecule has 5 fully saturated rings. The van der Waals surface area contributed by atoms with Crippen molar-refractivity contribution >= 4 is 11.6 Å². The molecule has 5 aliphatic carbocycles. The van der Waals surface area contributed by atoms with Gasteiger partial charge in [-0.15, -0.1) is 0 Å². The third-order valence-electron chi connectivity index (χ3n) is 15.3. The van der Waals surface area contributed by atoms with Crippen molar-refractivity contribution in [3.8, 4) is 0 Å². The highest BCUT2D eigenvalue weighted by Crippen LogP contribution is 2.75. The molecule has 6 aliphatic rings. The van der Waals surface area contributed by atoms with Crippen molar-refractivity contribution in [1.82, 2.24) is 0 Å². The maximum Gasteiger partial charge on any atom is 0.142 e. The largest absolute Gasteiger partial charge is 0.394 e. The molecule has 6 rings (SSSR count). The second-order valence-electron chi connectivity index (χ2n) is 18.0. The number of allylic oxidation sites excluding steroid dienone is 2. The van der Waals surface area contributed by atoms with E-state index in [1.165, 1.54) is 5.57 Å². The van der Waals surface area contributed by atoms with E-state index in [9.17, 15) is 30.0 Å². The van der Waals surface area contributed by atoms with Gasteiger partial charge in [0, 0.05) is 23.7 Å². The molecule has 0 radical (unpaired) electrons. The zero-order chi connectivity index (χ0) is 32.3. The molecule has 0 aromatic heterocycles. The van der Waals surface area contributed by atoms with Crippen molar-refractivity contribution in [2.24, 2.45) is 50.2 Å². The van der Waals surface area contributed by atoms with Crippen LogP contribution in [-0.4, -0.2) is 69.1 Å². The number of aliphatic hydroxyl groups is 4. The van der Waals surface area contributed by atoms with E-state index in [2.05, 4.69) is 54.5 Å². The first kappa shape index (κ1) is 32.8. The fourth-order valence-corrected chi connectivity index (χ4v) is 12.3. The SMILES string of the molecule is CC1(C)CC[C@]2(C(=O)C[C@H]3OC(CO)[C@@H](O)C(O)[C@H]3O)CC[C@]3(C)C(=CCC4[C@@]5(C)CCC(=O)C(C)(C)C5CC[C@]43C)C2C1. The number of rotatable bonds is 4. The van der Waals surface area contributed by atoms with Gasteiger partial charge in [-0.2, -0.15) is 0 Å². The molecule has 44 heavy (non-hydrogen) atoms. The van der Waals surface area contributed by atoms with E-state index in [1.54, 1.807) is 0 Å². The summed E-state index contributed by atoms with van der Waals surface area (Å²) in [7, 11) is 0. The van der Waals surface area contributed by atoms with Crippen LogP contribution in [0.15, 0.2) is 11.6 Å². The molecule has 4 N–H and O–H groups in total. The Morgan fingerprint density at radius 1 is 0.864 bits per heavy atom. The molecule has 0 bridgehead atoms. The third-order valence-corrected chi connectivity index (χ3v) is 15.3. The molecule has 0 amide bonds. The van der Waals surface area contributed by atoms with Crippen LogP contribution in [0.25, 0.3) is 0 Å². The summed E-state index contributed by atoms with van der Waals surface area (Å²) in [6.07, 6.45) is 5.47. The second-order valence-corrected chi connectivity index (χ2v) is 18.0. The Kier molecular flexibility index (Phi) is 7.78. The molecule has 0 aromatic carbocycles. The number of hydrogen-bond donors (Lipinski definition) is 4. The lowest BCUT2D eigenvalue weighted by atomic mass is 9.33. The second kappa shape index (κ2) is 10.4. The van der Waals surface area contributed by atoms with Crippen LogP contribution < -0.4 is 0 Å². The van der Waals surface area contributed by atoms with Gasteiger partial charge in [0.2, 0.25) is 0 Å². The minimum Gasteiger partial charge on any atom is -0.394 e. The summed E-state index contributed by atoms with van der Waals surface area (Å²) in [5.41, 5.74) is 0.869. The predicted octanol–water partition coefficient (Wildman–Crippen LogP) is 5.16. The van der Waals surface area contributed by atoms with E-state index in [-0.39, 0.29) is 45.2 Å². The van der Waals surface area contributed by atoms with Gasteiger partial charge in [0.1, 0.15) is 36.0 Å². The number of Topliss-reactive ketones (excluding diaryl/α,β-unsaturated/α-hetero) is 2. The van der Waals surface area contributed by atoms with Gasteiger partial charge < -0.3 is 25.2 Å². The van der Waals surface area contributed by atoms with Crippen LogP contribution in [0.3, 0.4) is 0 Å². The van der Waals surface area contributed by atoms with E-state index in [0.29, 0.717) is 24.0 Å². The zero-order valence-corrected chi connectivity index (χ0v) is 28.2. The standard InChI is InChI=1S/C37H58O7/c1-32(2)14-16-37(28(40)18-23-29(41)31(43)30(42)24(20-38)44-23)17-15-35(6)21(22(37)19-32)8-9-26-34(5)12-11-27(39)33(3,4)25(34)10-13-36(26,35)7/h8,22-26,29-31,38,41-43H,9-20H2,1-7H3/t22?,23-,24?,25?,26?,29+,30-,31?,34+,35-,36-,37+/m1/s1. The number of ketones is 2. The number of aliphatic hydroxyl groups excluding tert-OH is 4. The minimum atomic E-state index is -1.47. The summed E-state index contributed by atoms with van der Waals surface area (Å²) >= 11 is 0. The fraction of sp³-hybridized carbons (Fsp3) is 0.892. The van der Waals surface area contributed by atoms with Crippen molar-refractivity contribution in [2.75, 3.05) is 6.61 Å². The summed E-state index contributed by atoms with van der Waals surface area (Å²) < 4.78 is 5.84. The molecular weight excluding hydrogens is 556 g/mol. The first-order valence-corrected chi connectivity index (χ1v) is 17.5. The first-order valence-electron chi connectivity index (χ1n) is 17.5. The van der Waals surface area contributed by atoms with Gasteiger partial charge in [0.05, 0.1) is 12.7 Å². The molecular formula is C37H58O7. The lowest BCUT2D eigenvalue weighted by Gasteiger charge is -2.70. The number of hydrogen-bond acceptors (Lipinski definition) is 7. The van der Waals surface area contributed by atoms with E-state index in [4.69, 9.17) is 4.74 Å². The number of carbonyl (C=O) groups excluding carboxylic acids is 2. The van der Waals surface area contributed by atoms with Gasteiger partial charge in [-0.25, -0.2) is 0 Å². The van der Waals surface area contributed by atoms with Crippen LogP contribution in [0.1, 0.15) is 119 Å². The Labute approximate surface area is 264 Å². The molecule has 4 saturated carbocycles. The molecule has 7 nitrogen and oxygen atoms in total. The average Bonchev–Trinajstić information content (AvgIpc) is 2.95. The molecule has 1 saturated heterocycles. The quantitative estimate of drug-likeness (QED) is 0.323. The number of fused-ring (bicyclic) bond motifs is 7. The van der Waals surface area contributed by atoms with Crippen molar-refractivity contribution in [2.45, 2.75) is 150 Å². The number of ether oxygens (including phenoxy) is 1. The molecule has 1 aliphatic heterocycles. The van der Waals surface area contributed by atoms with Gasteiger partial charge in [-0.05, 0) is 97.2 Å². The molecule has 0 spiro atoms. The molecule has 5 unspecified atom stereocenters. The van der Waals surface area contributed by atoms with Crippen LogP contribution in [0, 0.1) is 50.2 Å². The summed E-state index contributed by atoms with van der Waals surface area (Å²) in [6.45, 7) is 16.0. The van der Waals surface area contributed by atoms with Gasteiger partial charge >= 0.3 is 0 Å². The van der Waals surface area contributed by atoms with Crippen LogP contribution in [0.2, 0.25) is 0 Å². The Morgan fingerprint density at radius 2 is 1.52 bits per heavy atom. The van der Waals surface area contributed by atoms with E-state index in [1.807, 2.05) is 0 Å². The van der Waals surface area contributed by atoms with E-state index >= 15 is 0 Å². The molecule has 1 heterocycles. The normalized spacial score (nSPS) is 51.2. The van der Waals surface area contributed by atoms with Crippen LogP contribution in [-0.2, 0) is 14.3 Å². The zero-order valence-electron chi connectivity index (χ0n) is 28.2. The lowest BCUT2D eigenvalue weighted by molar-refractivity contribution is -0.231. The highest BCUT2D eigenvalue weighted by atomic mass is 16.5. The predicted molar refractivity (Wildman–Crippen MR) is 167 cm³/mol. The Balaban J connectivity index is 1.35. The Bertz CT molecular complexity index is 1220. The maximum atomic E-state index is 14.6. The number of carbonyl (C=O) groups is 2. The van der Waals surface area contributed by atoms with Crippen molar-refractivity contribution in [3.63, 3.8) is 0 Å². The Hall–Kier alpha value is -1.12. The third kappa shape index (κ3) is 4.38. The van der Waals surface area contributed by atoms with Gasteiger partial charge in [0.15, 0.2) is 0 Å². The van der Waals surface area contributed by atoms with Crippen molar-refractivity contribution in [1.29, 1.82) is 0 Å². The van der Waals surface area contributed by atoms with Crippen LogP contribution >= 0.6 is 0 Å². The molecule has 0 aromatic rings. The van der Waals surface area contributed by atoms with Crippen molar-refractivity contribution < 1.29 is 34.8 Å². The first-order chi connectivity index (χ1) is 20.4.